The fourth-order valence-corrected chi connectivity index (χ4v) is 2.39. The van der Waals surface area contributed by atoms with Crippen LogP contribution in [0.3, 0.4) is 0 Å². The Balaban J connectivity index is 1.84. The van der Waals surface area contributed by atoms with E-state index in [9.17, 15) is 19.7 Å². The van der Waals surface area contributed by atoms with E-state index in [1.54, 1.807) is 12.1 Å². The summed E-state index contributed by atoms with van der Waals surface area (Å²) in [6.07, 6.45) is 2.85. The first-order valence-corrected chi connectivity index (χ1v) is 6.36. The molecule has 0 radical (unpaired) electrons. The molecular weight excluding hydrogens is 246 g/mol. The van der Waals surface area contributed by atoms with Gasteiger partial charge in [0, 0.05) is 25.0 Å². The number of rotatable bonds is 5. The van der Waals surface area contributed by atoms with Gasteiger partial charge in [-0.25, -0.2) is 0 Å². The van der Waals surface area contributed by atoms with Gasteiger partial charge in [-0.05, 0) is 24.8 Å². The first-order chi connectivity index (χ1) is 9.08. The predicted molar refractivity (Wildman–Crippen MR) is 68.8 cm³/mol. The van der Waals surface area contributed by atoms with Crippen LogP contribution in [-0.4, -0.2) is 16.5 Å². The molecule has 1 saturated carbocycles. The normalized spacial score (nSPS) is 16.0. The topological polar surface area (TPSA) is 77.3 Å². The van der Waals surface area contributed by atoms with Crippen molar-refractivity contribution in [3.63, 3.8) is 0 Å². The molecule has 1 aliphatic carbocycles. The molecule has 5 heteroatoms. The number of nitro benzene ring substituents is 1. The monoisotopic (exact) mass is 261 g/mol. The average Bonchev–Trinajstić information content (AvgIpc) is 2.71. The van der Waals surface area contributed by atoms with Crippen LogP contribution >= 0.6 is 0 Å². The average molecular weight is 261 g/mol. The van der Waals surface area contributed by atoms with E-state index in [0.717, 1.165) is 18.4 Å². The first-order valence-electron chi connectivity index (χ1n) is 6.36. The third-order valence-electron chi connectivity index (χ3n) is 3.50. The number of non-ortho nitro benzene ring substituents is 1. The number of hydrogen-bond donors (Lipinski definition) is 0. The highest BCUT2D eigenvalue weighted by molar-refractivity contribution is 6.08. The van der Waals surface area contributed by atoms with Crippen molar-refractivity contribution in [1.29, 1.82) is 0 Å². The van der Waals surface area contributed by atoms with Crippen LogP contribution < -0.4 is 0 Å². The summed E-state index contributed by atoms with van der Waals surface area (Å²) in [6.45, 7) is 0. The maximum Gasteiger partial charge on any atom is 0.269 e. The second kappa shape index (κ2) is 5.73. The van der Waals surface area contributed by atoms with Crippen molar-refractivity contribution in [3.05, 3.63) is 39.9 Å². The number of Topliss-reactive ketones (excluding diaryl/α,β-unsaturated/α-hetero) is 2. The van der Waals surface area contributed by atoms with Gasteiger partial charge >= 0.3 is 0 Å². The molecule has 0 unspecified atom stereocenters. The lowest BCUT2D eigenvalue weighted by Gasteiger charge is -2.06. The van der Waals surface area contributed by atoms with Crippen LogP contribution in [0.2, 0.25) is 0 Å². The van der Waals surface area contributed by atoms with Gasteiger partial charge in [0.15, 0.2) is 0 Å². The zero-order valence-corrected chi connectivity index (χ0v) is 10.5. The predicted octanol–water partition coefficient (Wildman–Crippen LogP) is 2.47. The number of carbonyl (C=O) groups is 2. The molecule has 0 aliphatic heterocycles. The zero-order valence-electron chi connectivity index (χ0n) is 10.5. The molecule has 100 valence electrons. The summed E-state index contributed by atoms with van der Waals surface area (Å²) in [4.78, 5) is 33.0. The van der Waals surface area contributed by atoms with E-state index in [1.165, 1.54) is 12.1 Å². The first kappa shape index (κ1) is 13.4. The Morgan fingerprint density at radius 3 is 2.21 bits per heavy atom. The molecule has 0 spiro atoms. The fourth-order valence-electron chi connectivity index (χ4n) is 2.39. The van der Waals surface area contributed by atoms with Gasteiger partial charge in [0.25, 0.3) is 5.69 Å². The lowest BCUT2D eigenvalue weighted by Crippen LogP contribution is -2.14. The van der Waals surface area contributed by atoms with Crippen molar-refractivity contribution >= 4 is 17.3 Å². The standard InChI is InChI=1S/C14H15NO4/c16-13-8-9-14(17)12(13)3-1-2-10-4-6-11(7-5-10)15(18)19/h4-7,12H,1-3,8-9H2. The molecule has 0 bridgehead atoms. The van der Waals surface area contributed by atoms with E-state index in [-0.39, 0.29) is 17.3 Å². The smallest absolute Gasteiger partial charge is 0.269 e. The zero-order chi connectivity index (χ0) is 13.8. The van der Waals surface area contributed by atoms with Crippen LogP contribution in [0.4, 0.5) is 5.69 Å². The van der Waals surface area contributed by atoms with Gasteiger partial charge < -0.3 is 0 Å². The number of aryl methyl sites for hydroxylation is 1. The number of nitro groups is 1. The fraction of sp³-hybridized carbons (Fsp3) is 0.429. The van der Waals surface area contributed by atoms with E-state index in [4.69, 9.17) is 0 Å². The molecule has 1 aliphatic rings. The SMILES string of the molecule is O=C1CCC(=O)C1CCCc1ccc([N+](=O)[O-])cc1. The number of benzene rings is 1. The molecule has 0 heterocycles. The minimum atomic E-state index is -0.431. The molecule has 0 atom stereocenters. The minimum Gasteiger partial charge on any atom is -0.299 e. The molecule has 0 amide bonds. The number of hydrogen-bond acceptors (Lipinski definition) is 4. The van der Waals surface area contributed by atoms with Gasteiger partial charge in [-0.2, -0.15) is 0 Å². The molecule has 5 nitrogen and oxygen atoms in total. The van der Waals surface area contributed by atoms with E-state index >= 15 is 0 Å². The van der Waals surface area contributed by atoms with Gasteiger partial charge in [0.2, 0.25) is 0 Å². The van der Waals surface area contributed by atoms with Gasteiger partial charge in [0.1, 0.15) is 11.6 Å². The van der Waals surface area contributed by atoms with E-state index in [0.29, 0.717) is 19.3 Å². The van der Waals surface area contributed by atoms with Crippen molar-refractivity contribution < 1.29 is 14.5 Å². The Hall–Kier alpha value is -2.04. The van der Waals surface area contributed by atoms with Crippen LogP contribution in [0.1, 0.15) is 31.2 Å². The van der Waals surface area contributed by atoms with Crippen LogP contribution in [0.25, 0.3) is 0 Å². The van der Waals surface area contributed by atoms with Crippen molar-refractivity contribution in [2.24, 2.45) is 5.92 Å². The Morgan fingerprint density at radius 2 is 1.68 bits per heavy atom. The third-order valence-corrected chi connectivity index (χ3v) is 3.50. The Labute approximate surface area is 110 Å². The van der Waals surface area contributed by atoms with Crippen LogP contribution in [0, 0.1) is 16.0 Å². The molecule has 19 heavy (non-hydrogen) atoms. The van der Waals surface area contributed by atoms with E-state index in [2.05, 4.69) is 0 Å². The number of ketones is 2. The van der Waals surface area contributed by atoms with Crippen molar-refractivity contribution in [2.75, 3.05) is 0 Å². The van der Waals surface area contributed by atoms with Crippen LogP contribution in [-0.2, 0) is 16.0 Å². The highest BCUT2D eigenvalue weighted by Gasteiger charge is 2.31. The van der Waals surface area contributed by atoms with E-state index in [1.807, 2.05) is 0 Å². The summed E-state index contributed by atoms with van der Waals surface area (Å²) in [5.41, 5.74) is 1.06. The summed E-state index contributed by atoms with van der Waals surface area (Å²) in [6, 6.07) is 6.38. The second-order valence-electron chi connectivity index (χ2n) is 4.80. The maximum absolute atomic E-state index is 11.5. The summed E-state index contributed by atoms with van der Waals surface area (Å²) in [5.74, 6) is -0.277. The summed E-state index contributed by atoms with van der Waals surface area (Å²) < 4.78 is 0. The Bertz CT molecular complexity index is 491. The molecule has 0 N–H and O–H groups in total. The van der Waals surface area contributed by atoms with Gasteiger partial charge in [-0.15, -0.1) is 0 Å². The second-order valence-corrected chi connectivity index (χ2v) is 4.80. The highest BCUT2D eigenvalue weighted by Crippen LogP contribution is 2.23. The molecule has 1 aromatic rings. The molecule has 0 aromatic heterocycles. The minimum absolute atomic E-state index is 0.0636. The van der Waals surface area contributed by atoms with Crippen LogP contribution in [0.15, 0.2) is 24.3 Å². The molecule has 1 aromatic carbocycles. The molecule has 1 fully saturated rings. The number of carbonyl (C=O) groups excluding carboxylic acids is 2. The van der Waals surface area contributed by atoms with E-state index < -0.39 is 10.8 Å². The Morgan fingerprint density at radius 1 is 1.11 bits per heavy atom. The van der Waals surface area contributed by atoms with Crippen molar-refractivity contribution in [1.82, 2.24) is 0 Å². The summed E-state index contributed by atoms with van der Waals surface area (Å²) in [7, 11) is 0. The maximum atomic E-state index is 11.5. The lowest BCUT2D eigenvalue weighted by molar-refractivity contribution is -0.384. The molecule has 0 saturated heterocycles. The van der Waals surface area contributed by atoms with Gasteiger partial charge in [-0.1, -0.05) is 12.1 Å². The summed E-state index contributed by atoms with van der Waals surface area (Å²) >= 11 is 0. The third kappa shape index (κ3) is 3.24. The molecule has 2 rings (SSSR count). The largest absolute Gasteiger partial charge is 0.299 e. The molecular formula is C14H15NO4. The van der Waals surface area contributed by atoms with Gasteiger partial charge in [0.05, 0.1) is 10.8 Å². The van der Waals surface area contributed by atoms with Gasteiger partial charge in [-0.3, -0.25) is 19.7 Å². The quantitative estimate of drug-likeness (QED) is 0.463. The number of nitrogens with zero attached hydrogens (tertiary/aromatic N) is 1. The summed E-state index contributed by atoms with van der Waals surface area (Å²) in [5, 5.41) is 10.5. The van der Waals surface area contributed by atoms with Crippen molar-refractivity contribution in [3.8, 4) is 0 Å². The Kier molecular flexibility index (Phi) is 4.04. The van der Waals surface area contributed by atoms with Crippen molar-refractivity contribution in [2.45, 2.75) is 32.1 Å². The lowest BCUT2D eigenvalue weighted by atomic mass is 9.97. The highest BCUT2D eigenvalue weighted by atomic mass is 16.6. The van der Waals surface area contributed by atoms with Crippen LogP contribution in [0.5, 0.6) is 0 Å².